The van der Waals surface area contributed by atoms with E-state index in [4.69, 9.17) is 16.3 Å². The van der Waals surface area contributed by atoms with Crippen LogP contribution in [0.3, 0.4) is 0 Å². The number of hydrogen-bond acceptors (Lipinski definition) is 5. The number of thiophene rings is 1. The number of carbonyl (C=O) groups is 1. The number of ether oxygens (including phenoxy) is 1. The third-order valence-electron chi connectivity index (χ3n) is 2.81. The second kappa shape index (κ2) is 7.23. The second-order valence-corrected chi connectivity index (χ2v) is 8.45. The zero-order chi connectivity index (χ0) is 16.2. The van der Waals surface area contributed by atoms with Crippen LogP contribution in [0.5, 0.6) is 0 Å². The Hall–Kier alpha value is -1.41. The molecule has 5 nitrogen and oxygen atoms in total. The van der Waals surface area contributed by atoms with Crippen molar-refractivity contribution in [1.82, 2.24) is 4.31 Å². The fraction of sp³-hybridized carbons (Fsp3) is 0.214. The highest BCUT2D eigenvalue weighted by Crippen LogP contribution is 2.27. The molecule has 1 aromatic heterocycles. The van der Waals surface area contributed by atoms with Gasteiger partial charge in [-0.15, -0.1) is 11.3 Å². The molecule has 22 heavy (non-hydrogen) atoms. The summed E-state index contributed by atoms with van der Waals surface area (Å²) in [6, 6.07) is 12.1. The average molecular weight is 360 g/mol. The van der Waals surface area contributed by atoms with E-state index in [1.54, 1.807) is 0 Å². The lowest BCUT2D eigenvalue weighted by Crippen LogP contribution is -2.32. The lowest BCUT2D eigenvalue weighted by atomic mass is 10.2. The van der Waals surface area contributed by atoms with Crippen LogP contribution in [0.1, 0.15) is 5.56 Å². The number of nitrogens with zero attached hydrogens (tertiary/aromatic N) is 1. The van der Waals surface area contributed by atoms with E-state index in [2.05, 4.69) is 0 Å². The van der Waals surface area contributed by atoms with E-state index in [1.807, 2.05) is 30.3 Å². The summed E-state index contributed by atoms with van der Waals surface area (Å²) >= 11 is 6.68. The van der Waals surface area contributed by atoms with Gasteiger partial charge in [0.2, 0.25) is 0 Å². The highest BCUT2D eigenvalue weighted by Gasteiger charge is 2.25. The standard InChI is InChI=1S/C14H14ClNO4S2/c1-16(22(18,19)14-8-7-12(15)21-14)9-13(17)20-10-11-5-3-2-4-6-11/h2-8H,9-10H2,1H3. The van der Waals surface area contributed by atoms with Crippen LogP contribution < -0.4 is 0 Å². The third-order valence-corrected chi connectivity index (χ3v) is 6.31. The molecule has 1 heterocycles. The van der Waals surface area contributed by atoms with Crippen molar-refractivity contribution in [3.8, 4) is 0 Å². The van der Waals surface area contributed by atoms with Crippen molar-refractivity contribution in [2.45, 2.75) is 10.8 Å². The van der Waals surface area contributed by atoms with Gasteiger partial charge in [-0.25, -0.2) is 8.42 Å². The molecular formula is C14H14ClNO4S2. The first-order chi connectivity index (χ1) is 10.4. The maximum Gasteiger partial charge on any atom is 0.321 e. The number of likely N-dealkylation sites (N-methyl/N-ethyl adjacent to an activating group) is 1. The van der Waals surface area contributed by atoms with Crippen LogP contribution in [0.4, 0.5) is 0 Å². The fourth-order valence-corrected chi connectivity index (χ4v) is 4.45. The van der Waals surface area contributed by atoms with Gasteiger partial charge >= 0.3 is 5.97 Å². The highest BCUT2D eigenvalue weighted by molar-refractivity contribution is 7.91. The van der Waals surface area contributed by atoms with Crippen LogP contribution in [-0.4, -0.2) is 32.3 Å². The topological polar surface area (TPSA) is 63.7 Å². The Bertz CT molecular complexity index is 743. The van der Waals surface area contributed by atoms with E-state index in [0.29, 0.717) is 4.34 Å². The number of sulfonamides is 1. The van der Waals surface area contributed by atoms with Gasteiger partial charge in [-0.2, -0.15) is 4.31 Å². The van der Waals surface area contributed by atoms with Crippen LogP contribution >= 0.6 is 22.9 Å². The van der Waals surface area contributed by atoms with Gasteiger partial charge in [0.25, 0.3) is 10.0 Å². The molecule has 0 N–H and O–H groups in total. The van der Waals surface area contributed by atoms with Gasteiger partial charge in [-0.05, 0) is 17.7 Å². The molecule has 0 aliphatic heterocycles. The van der Waals surface area contributed by atoms with Crippen molar-refractivity contribution in [3.05, 3.63) is 52.4 Å². The first kappa shape index (κ1) is 17.0. The first-order valence-corrected chi connectivity index (χ1v) is 8.94. The second-order valence-electron chi connectivity index (χ2n) is 4.47. The minimum absolute atomic E-state index is 0.0934. The molecule has 0 aliphatic carbocycles. The van der Waals surface area contributed by atoms with E-state index in [1.165, 1.54) is 19.2 Å². The summed E-state index contributed by atoms with van der Waals surface area (Å²) in [4.78, 5) is 11.8. The van der Waals surface area contributed by atoms with Gasteiger partial charge in [0, 0.05) is 7.05 Å². The summed E-state index contributed by atoms with van der Waals surface area (Å²) in [5, 5.41) is 0. The number of hydrogen-bond donors (Lipinski definition) is 0. The maximum atomic E-state index is 12.2. The molecule has 0 fully saturated rings. The van der Waals surface area contributed by atoms with Crippen molar-refractivity contribution in [2.75, 3.05) is 13.6 Å². The predicted molar refractivity (Wildman–Crippen MR) is 85.4 cm³/mol. The number of esters is 1. The zero-order valence-electron chi connectivity index (χ0n) is 11.7. The van der Waals surface area contributed by atoms with Gasteiger partial charge in [-0.3, -0.25) is 4.79 Å². The molecule has 0 saturated heterocycles. The molecule has 8 heteroatoms. The van der Waals surface area contributed by atoms with Gasteiger partial charge in [0.05, 0.1) is 4.34 Å². The lowest BCUT2D eigenvalue weighted by molar-refractivity contribution is -0.144. The largest absolute Gasteiger partial charge is 0.460 e. The molecule has 0 spiro atoms. The van der Waals surface area contributed by atoms with E-state index in [0.717, 1.165) is 21.2 Å². The molecule has 0 bridgehead atoms. The quantitative estimate of drug-likeness (QED) is 0.744. The molecule has 0 atom stereocenters. The Morgan fingerprint density at radius 3 is 2.50 bits per heavy atom. The molecule has 0 radical (unpaired) electrons. The normalized spacial score (nSPS) is 11.6. The van der Waals surface area contributed by atoms with Gasteiger partial charge in [0.15, 0.2) is 0 Å². The average Bonchev–Trinajstić information content (AvgIpc) is 2.93. The third kappa shape index (κ3) is 4.30. The summed E-state index contributed by atoms with van der Waals surface area (Å²) in [6.45, 7) is -0.247. The van der Waals surface area contributed by atoms with Crippen molar-refractivity contribution < 1.29 is 17.9 Å². The molecule has 0 aliphatic rings. The first-order valence-electron chi connectivity index (χ1n) is 6.31. The van der Waals surface area contributed by atoms with Crippen molar-refractivity contribution in [3.63, 3.8) is 0 Å². The van der Waals surface area contributed by atoms with Crippen LogP contribution in [0.15, 0.2) is 46.7 Å². The van der Waals surface area contributed by atoms with Gasteiger partial charge < -0.3 is 4.74 Å². The smallest absolute Gasteiger partial charge is 0.321 e. The molecule has 2 rings (SSSR count). The van der Waals surface area contributed by atoms with Crippen LogP contribution in [-0.2, 0) is 26.2 Å². The monoisotopic (exact) mass is 359 g/mol. The number of carbonyl (C=O) groups excluding carboxylic acids is 1. The molecular weight excluding hydrogens is 346 g/mol. The predicted octanol–water partition coefficient (Wildman–Crippen LogP) is 2.77. The Kier molecular flexibility index (Phi) is 5.57. The highest BCUT2D eigenvalue weighted by atomic mass is 35.5. The number of halogens is 1. The summed E-state index contributed by atoms with van der Waals surface area (Å²) < 4.78 is 30.9. The maximum absolute atomic E-state index is 12.2. The fourth-order valence-electron chi connectivity index (χ4n) is 1.64. The number of rotatable bonds is 6. The zero-order valence-corrected chi connectivity index (χ0v) is 14.1. The Morgan fingerprint density at radius 2 is 1.91 bits per heavy atom. The summed E-state index contributed by atoms with van der Waals surface area (Å²) in [5.74, 6) is -0.613. The lowest BCUT2D eigenvalue weighted by Gasteiger charge is -2.15. The minimum atomic E-state index is -3.73. The summed E-state index contributed by atoms with van der Waals surface area (Å²) in [6.07, 6.45) is 0. The van der Waals surface area contributed by atoms with E-state index < -0.39 is 16.0 Å². The molecule has 1 aromatic carbocycles. The van der Waals surface area contributed by atoms with Crippen LogP contribution in [0.2, 0.25) is 4.34 Å². The minimum Gasteiger partial charge on any atom is -0.460 e. The van der Waals surface area contributed by atoms with Crippen molar-refractivity contribution >= 4 is 38.9 Å². The Balaban J connectivity index is 1.93. The summed E-state index contributed by atoms with van der Waals surface area (Å²) in [5.41, 5.74) is 0.839. The molecule has 0 unspecified atom stereocenters. The Morgan fingerprint density at radius 1 is 1.23 bits per heavy atom. The number of benzene rings is 1. The van der Waals surface area contributed by atoms with E-state index in [-0.39, 0.29) is 17.4 Å². The van der Waals surface area contributed by atoms with Crippen LogP contribution in [0.25, 0.3) is 0 Å². The van der Waals surface area contributed by atoms with Gasteiger partial charge in [-0.1, -0.05) is 41.9 Å². The van der Waals surface area contributed by atoms with Crippen LogP contribution in [0, 0.1) is 0 Å². The molecule has 0 saturated carbocycles. The Labute approximate surface area is 138 Å². The molecule has 118 valence electrons. The van der Waals surface area contributed by atoms with Crippen molar-refractivity contribution in [2.24, 2.45) is 0 Å². The van der Waals surface area contributed by atoms with E-state index in [9.17, 15) is 13.2 Å². The summed E-state index contributed by atoms with van der Waals surface area (Å²) in [7, 11) is -2.40. The van der Waals surface area contributed by atoms with E-state index >= 15 is 0 Å². The van der Waals surface area contributed by atoms with Crippen molar-refractivity contribution in [1.29, 1.82) is 0 Å². The SMILES string of the molecule is CN(CC(=O)OCc1ccccc1)S(=O)(=O)c1ccc(Cl)s1. The van der Waals surface area contributed by atoms with Gasteiger partial charge in [0.1, 0.15) is 17.4 Å². The molecule has 0 amide bonds. The molecule has 2 aromatic rings.